The number of aliphatic carboxylic acids is 1. The van der Waals surface area contributed by atoms with Crippen LogP contribution in [-0.4, -0.2) is 36.1 Å². The lowest BCUT2D eigenvalue weighted by Gasteiger charge is -2.59. The van der Waals surface area contributed by atoms with Crippen LogP contribution in [0.5, 0.6) is 0 Å². The smallest absolute Gasteiger partial charge is 0.321 e. The Kier molecular flexibility index (Phi) is 2.51. The Balaban J connectivity index is 1.92. The van der Waals surface area contributed by atoms with E-state index in [1.54, 1.807) is 0 Å². The van der Waals surface area contributed by atoms with Gasteiger partial charge in [0.15, 0.2) is 0 Å². The predicted molar refractivity (Wildman–Crippen MR) is 65.7 cm³/mol. The summed E-state index contributed by atoms with van der Waals surface area (Å²) in [6, 6.07) is -0.268. The van der Waals surface area contributed by atoms with Gasteiger partial charge in [-0.15, -0.1) is 0 Å². The molecule has 1 unspecified atom stereocenters. The molecule has 0 spiro atoms. The summed E-state index contributed by atoms with van der Waals surface area (Å²) in [7, 11) is 3.86. The van der Waals surface area contributed by atoms with E-state index >= 15 is 0 Å². The summed E-state index contributed by atoms with van der Waals surface area (Å²) in [5.74, 6) is 1.85. The molecule has 0 amide bonds. The average Bonchev–Trinajstić information content (AvgIpc) is 2.11. The van der Waals surface area contributed by atoms with Gasteiger partial charge in [0.1, 0.15) is 6.04 Å². The molecule has 1 atom stereocenters. The van der Waals surface area contributed by atoms with E-state index in [9.17, 15) is 9.90 Å². The number of carbonyl (C=O) groups is 1. The lowest BCUT2D eigenvalue weighted by atomic mass is 9.47. The molecular weight excluding hydrogens is 214 g/mol. The minimum absolute atomic E-state index is 0.0874. The summed E-state index contributed by atoms with van der Waals surface area (Å²) < 4.78 is 0. The van der Waals surface area contributed by atoms with Gasteiger partial charge in [-0.2, -0.15) is 0 Å². The quantitative estimate of drug-likeness (QED) is 0.818. The van der Waals surface area contributed by atoms with Crippen molar-refractivity contribution in [3.05, 3.63) is 0 Å². The normalized spacial score (nSPS) is 45.2. The van der Waals surface area contributed by atoms with Crippen molar-refractivity contribution >= 4 is 5.97 Å². The second-order valence-corrected chi connectivity index (χ2v) is 6.98. The van der Waals surface area contributed by atoms with Crippen molar-refractivity contribution in [1.29, 1.82) is 0 Å². The first kappa shape index (κ1) is 11.5. The molecule has 0 aliphatic heterocycles. The second kappa shape index (κ2) is 3.71. The van der Waals surface area contributed by atoms with Gasteiger partial charge in [0, 0.05) is 0 Å². The van der Waals surface area contributed by atoms with Gasteiger partial charge < -0.3 is 5.11 Å². The summed E-state index contributed by atoms with van der Waals surface area (Å²) in [5.41, 5.74) is 0.0874. The molecule has 0 aromatic rings. The van der Waals surface area contributed by atoms with E-state index in [1.165, 1.54) is 19.3 Å². The fraction of sp³-hybridized carbons (Fsp3) is 0.929. The monoisotopic (exact) mass is 237 g/mol. The van der Waals surface area contributed by atoms with Crippen LogP contribution in [0.1, 0.15) is 38.5 Å². The molecule has 0 radical (unpaired) electrons. The van der Waals surface area contributed by atoms with Crippen molar-refractivity contribution in [3.63, 3.8) is 0 Å². The molecule has 4 fully saturated rings. The largest absolute Gasteiger partial charge is 0.480 e. The highest BCUT2D eigenvalue weighted by atomic mass is 16.4. The molecule has 4 aliphatic carbocycles. The Hall–Kier alpha value is -0.570. The van der Waals surface area contributed by atoms with E-state index in [1.807, 2.05) is 19.0 Å². The van der Waals surface area contributed by atoms with Crippen molar-refractivity contribution in [2.24, 2.45) is 23.2 Å². The Morgan fingerprint density at radius 2 is 1.53 bits per heavy atom. The summed E-state index contributed by atoms with van der Waals surface area (Å²) in [5, 5.41) is 9.56. The molecule has 17 heavy (non-hydrogen) atoms. The molecule has 0 saturated heterocycles. The third-order valence-electron chi connectivity index (χ3n) is 5.42. The van der Waals surface area contributed by atoms with E-state index in [2.05, 4.69) is 0 Å². The van der Waals surface area contributed by atoms with Crippen LogP contribution in [0.2, 0.25) is 0 Å². The Labute approximate surface area is 103 Å². The highest BCUT2D eigenvalue weighted by Crippen LogP contribution is 2.61. The highest BCUT2D eigenvalue weighted by Gasteiger charge is 2.56. The SMILES string of the molecule is CN(C)C(C(=O)O)C12CC3CC(CC(C3)C1)C2. The summed E-state index contributed by atoms with van der Waals surface area (Å²) in [6.07, 6.45) is 7.60. The van der Waals surface area contributed by atoms with Crippen LogP contribution in [-0.2, 0) is 4.79 Å². The maximum Gasteiger partial charge on any atom is 0.321 e. The average molecular weight is 237 g/mol. The molecule has 4 rings (SSSR count). The zero-order chi connectivity index (χ0) is 12.2. The second-order valence-electron chi connectivity index (χ2n) is 6.98. The molecule has 4 aliphatic rings. The van der Waals surface area contributed by atoms with Crippen LogP contribution in [0.4, 0.5) is 0 Å². The zero-order valence-corrected chi connectivity index (χ0v) is 10.9. The van der Waals surface area contributed by atoms with Gasteiger partial charge in [-0.25, -0.2) is 0 Å². The van der Waals surface area contributed by atoms with Crippen LogP contribution < -0.4 is 0 Å². The molecular formula is C14H23NO2. The fourth-order valence-corrected chi connectivity index (χ4v) is 5.54. The molecule has 0 aromatic heterocycles. The number of carboxylic acid groups (broad SMARTS) is 1. The topological polar surface area (TPSA) is 40.5 Å². The van der Waals surface area contributed by atoms with E-state index < -0.39 is 5.97 Å². The van der Waals surface area contributed by atoms with Crippen LogP contribution in [0.25, 0.3) is 0 Å². The molecule has 96 valence electrons. The van der Waals surface area contributed by atoms with Crippen LogP contribution in [0, 0.1) is 23.2 Å². The van der Waals surface area contributed by atoms with Crippen LogP contribution in [0.3, 0.4) is 0 Å². The molecule has 0 heterocycles. The first-order valence-electron chi connectivity index (χ1n) is 6.89. The lowest BCUT2D eigenvalue weighted by molar-refractivity contribution is -0.158. The first-order valence-corrected chi connectivity index (χ1v) is 6.89. The molecule has 4 saturated carbocycles. The number of carboxylic acids is 1. The third-order valence-corrected chi connectivity index (χ3v) is 5.42. The lowest BCUT2D eigenvalue weighted by Crippen LogP contribution is -2.58. The van der Waals surface area contributed by atoms with Gasteiger partial charge in [-0.05, 0) is 75.8 Å². The Morgan fingerprint density at radius 3 is 1.82 bits per heavy atom. The van der Waals surface area contributed by atoms with Gasteiger partial charge in [0.25, 0.3) is 0 Å². The number of rotatable bonds is 3. The Bertz CT molecular complexity index is 302. The van der Waals surface area contributed by atoms with E-state index in [-0.39, 0.29) is 11.5 Å². The van der Waals surface area contributed by atoms with E-state index in [4.69, 9.17) is 0 Å². The molecule has 3 nitrogen and oxygen atoms in total. The number of nitrogens with zero attached hydrogens (tertiary/aromatic N) is 1. The number of hydrogen-bond donors (Lipinski definition) is 1. The van der Waals surface area contributed by atoms with E-state index in [0.29, 0.717) is 0 Å². The van der Waals surface area contributed by atoms with Crippen molar-refractivity contribution < 1.29 is 9.90 Å². The van der Waals surface area contributed by atoms with Gasteiger partial charge in [-0.3, -0.25) is 9.69 Å². The molecule has 3 heteroatoms. The van der Waals surface area contributed by atoms with Crippen LogP contribution >= 0.6 is 0 Å². The summed E-state index contributed by atoms with van der Waals surface area (Å²) in [4.78, 5) is 13.6. The third kappa shape index (κ3) is 1.70. The fourth-order valence-electron chi connectivity index (χ4n) is 5.54. The molecule has 1 N–H and O–H groups in total. The first-order chi connectivity index (χ1) is 8.00. The van der Waals surface area contributed by atoms with Crippen LogP contribution in [0.15, 0.2) is 0 Å². The predicted octanol–water partition coefficient (Wildman–Crippen LogP) is 2.22. The zero-order valence-electron chi connectivity index (χ0n) is 10.9. The standard InChI is InChI=1S/C14H23NO2/c1-15(2)12(13(16)17)14-6-9-3-10(7-14)5-11(4-9)8-14/h9-12H,3-8H2,1-2H3,(H,16,17). The van der Waals surface area contributed by atoms with Crippen molar-refractivity contribution in [3.8, 4) is 0 Å². The number of hydrogen-bond acceptors (Lipinski definition) is 2. The highest BCUT2D eigenvalue weighted by molar-refractivity contribution is 5.74. The number of likely N-dealkylation sites (N-methyl/N-ethyl adjacent to an activating group) is 1. The van der Waals surface area contributed by atoms with Gasteiger partial charge in [0.05, 0.1) is 0 Å². The molecule has 4 bridgehead atoms. The van der Waals surface area contributed by atoms with Gasteiger partial charge >= 0.3 is 5.97 Å². The van der Waals surface area contributed by atoms with Gasteiger partial charge in [-0.1, -0.05) is 0 Å². The van der Waals surface area contributed by atoms with E-state index in [0.717, 1.165) is 37.0 Å². The Morgan fingerprint density at radius 1 is 1.12 bits per heavy atom. The summed E-state index contributed by atoms with van der Waals surface area (Å²) >= 11 is 0. The summed E-state index contributed by atoms with van der Waals surface area (Å²) in [6.45, 7) is 0. The van der Waals surface area contributed by atoms with Crippen molar-refractivity contribution in [2.75, 3.05) is 14.1 Å². The molecule has 0 aromatic carbocycles. The van der Waals surface area contributed by atoms with Crippen molar-refractivity contribution in [1.82, 2.24) is 4.90 Å². The minimum Gasteiger partial charge on any atom is -0.480 e. The maximum atomic E-state index is 11.6. The minimum atomic E-state index is -0.614. The van der Waals surface area contributed by atoms with Crippen molar-refractivity contribution in [2.45, 2.75) is 44.6 Å². The van der Waals surface area contributed by atoms with Gasteiger partial charge in [0.2, 0.25) is 0 Å². The maximum absolute atomic E-state index is 11.6.